The van der Waals surface area contributed by atoms with Gasteiger partial charge in [0.2, 0.25) is 0 Å². The fraction of sp³-hybridized carbons (Fsp3) is 0.444. The van der Waals surface area contributed by atoms with Gasteiger partial charge in [0.15, 0.2) is 0 Å². The van der Waals surface area contributed by atoms with Crippen LogP contribution in [0.4, 0.5) is 0 Å². The van der Waals surface area contributed by atoms with Gasteiger partial charge < -0.3 is 14.6 Å². The van der Waals surface area contributed by atoms with Gasteiger partial charge in [-0.15, -0.1) is 0 Å². The highest BCUT2D eigenvalue weighted by Crippen LogP contribution is 2.31. The summed E-state index contributed by atoms with van der Waals surface area (Å²) in [7, 11) is 0. The molecule has 0 bridgehead atoms. The quantitative estimate of drug-likeness (QED) is 0.947. The molecule has 1 aliphatic heterocycles. The highest BCUT2D eigenvalue weighted by atomic mass is 16.4. The first-order valence-electron chi connectivity index (χ1n) is 8.07. The molecule has 2 heterocycles. The van der Waals surface area contributed by atoms with Crippen LogP contribution in [-0.2, 0) is 11.3 Å². The molecule has 3 rings (SSSR count). The lowest BCUT2D eigenvalue weighted by Gasteiger charge is -2.37. The third-order valence-corrected chi connectivity index (χ3v) is 4.86. The van der Waals surface area contributed by atoms with Gasteiger partial charge in [0.1, 0.15) is 0 Å². The molecule has 0 radical (unpaired) electrons. The van der Waals surface area contributed by atoms with Crippen molar-refractivity contribution in [3.8, 4) is 0 Å². The second kappa shape index (κ2) is 5.72. The molecule has 1 saturated heterocycles. The van der Waals surface area contributed by atoms with Crippen molar-refractivity contribution in [2.45, 2.75) is 33.2 Å². The number of piperidine rings is 1. The predicted octanol–water partition coefficient (Wildman–Crippen LogP) is 2.99. The number of amides is 1. The van der Waals surface area contributed by atoms with E-state index in [1.165, 1.54) is 0 Å². The monoisotopic (exact) mass is 314 g/mol. The maximum absolute atomic E-state index is 13.0. The van der Waals surface area contributed by atoms with Crippen LogP contribution < -0.4 is 0 Å². The number of nitrogens with zero attached hydrogens (tertiary/aromatic N) is 2. The van der Waals surface area contributed by atoms with E-state index >= 15 is 0 Å². The molecule has 1 N–H and O–H groups in total. The van der Waals surface area contributed by atoms with Gasteiger partial charge in [0.05, 0.1) is 11.0 Å². The van der Waals surface area contributed by atoms with Crippen LogP contribution in [0.5, 0.6) is 0 Å². The smallest absolute Gasteiger partial charge is 0.311 e. The number of rotatable bonds is 3. The molecule has 5 nitrogen and oxygen atoms in total. The fourth-order valence-corrected chi connectivity index (χ4v) is 3.44. The van der Waals surface area contributed by atoms with E-state index in [1.54, 1.807) is 11.8 Å². The van der Waals surface area contributed by atoms with Crippen LogP contribution in [0.15, 0.2) is 30.5 Å². The van der Waals surface area contributed by atoms with Crippen LogP contribution in [0.1, 0.15) is 37.0 Å². The number of hydrogen-bond acceptors (Lipinski definition) is 2. The van der Waals surface area contributed by atoms with E-state index in [0.29, 0.717) is 18.5 Å². The normalized spacial score (nSPS) is 21.6. The molecule has 1 unspecified atom stereocenters. The van der Waals surface area contributed by atoms with E-state index in [9.17, 15) is 14.7 Å². The Bertz CT molecular complexity index is 765. The summed E-state index contributed by atoms with van der Waals surface area (Å²) in [6.07, 6.45) is 3.23. The van der Waals surface area contributed by atoms with E-state index in [0.717, 1.165) is 23.9 Å². The molecule has 1 atom stereocenters. The molecule has 1 aromatic heterocycles. The summed E-state index contributed by atoms with van der Waals surface area (Å²) in [5.41, 5.74) is 0.852. The first kappa shape index (κ1) is 15.6. The van der Waals surface area contributed by atoms with Gasteiger partial charge >= 0.3 is 5.97 Å². The van der Waals surface area contributed by atoms with Crippen molar-refractivity contribution in [3.05, 3.63) is 36.0 Å². The molecule has 122 valence electrons. The SMILES string of the molecule is CCn1cc(C(=O)N2CCCC(C)(C(=O)O)C2)c2ccccc21. The van der Waals surface area contributed by atoms with E-state index < -0.39 is 11.4 Å². The zero-order valence-corrected chi connectivity index (χ0v) is 13.6. The minimum absolute atomic E-state index is 0.0689. The Hall–Kier alpha value is -2.30. The second-order valence-electron chi connectivity index (χ2n) is 6.54. The Kier molecular flexibility index (Phi) is 3.88. The Morgan fingerprint density at radius 1 is 1.30 bits per heavy atom. The largest absolute Gasteiger partial charge is 0.481 e. The lowest BCUT2D eigenvalue weighted by atomic mass is 9.82. The topological polar surface area (TPSA) is 62.5 Å². The van der Waals surface area contributed by atoms with Crippen molar-refractivity contribution >= 4 is 22.8 Å². The number of hydrogen-bond donors (Lipinski definition) is 1. The Morgan fingerprint density at radius 3 is 2.74 bits per heavy atom. The summed E-state index contributed by atoms with van der Waals surface area (Å²) < 4.78 is 2.06. The number of carbonyl (C=O) groups excluding carboxylic acids is 1. The third-order valence-electron chi connectivity index (χ3n) is 4.86. The van der Waals surface area contributed by atoms with Crippen LogP contribution >= 0.6 is 0 Å². The molecule has 0 spiro atoms. The summed E-state index contributed by atoms with van der Waals surface area (Å²) >= 11 is 0. The second-order valence-corrected chi connectivity index (χ2v) is 6.54. The van der Waals surface area contributed by atoms with Crippen LogP contribution in [0.3, 0.4) is 0 Å². The Morgan fingerprint density at radius 2 is 2.04 bits per heavy atom. The van der Waals surface area contributed by atoms with Gasteiger partial charge in [-0.2, -0.15) is 0 Å². The van der Waals surface area contributed by atoms with Gasteiger partial charge in [-0.25, -0.2) is 0 Å². The highest BCUT2D eigenvalue weighted by Gasteiger charge is 2.39. The summed E-state index contributed by atoms with van der Waals surface area (Å²) in [5, 5.41) is 10.4. The maximum Gasteiger partial charge on any atom is 0.311 e. The van der Waals surface area contributed by atoms with Gasteiger partial charge in [-0.05, 0) is 32.8 Å². The standard InChI is InChI=1S/C18H22N2O3/c1-3-19-11-14(13-7-4-5-8-15(13)19)16(21)20-10-6-9-18(2,12-20)17(22)23/h4-5,7-8,11H,3,6,9-10,12H2,1-2H3,(H,22,23). The van der Waals surface area contributed by atoms with Gasteiger partial charge in [-0.3, -0.25) is 9.59 Å². The molecule has 1 fully saturated rings. The van der Waals surface area contributed by atoms with Gasteiger partial charge in [0.25, 0.3) is 5.91 Å². The molecule has 2 aromatic rings. The van der Waals surface area contributed by atoms with Crippen LogP contribution in [0, 0.1) is 5.41 Å². The minimum atomic E-state index is -0.850. The zero-order valence-electron chi connectivity index (χ0n) is 13.6. The maximum atomic E-state index is 13.0. The fourth-order valence-electron chi connectivity index (χ4n) is 3.44. The lowest BCUT2D eigenvalue weighted by molar-refractivity contribution is -0.150. The molecule has 0 aliphatic carbocycles. The van der Waals surface area contributed by atoms with Crippen molar-refractivity contribution in [1.29, 1.82) is 0 Å². The van der Waals surface area contributed by atoms with Crippen LogP contribution in [0.25, 0.3) is 10.9 Å². The number of carboxylic acid groups (broad SMARTS) is 1. The van der Waals surface area contributed by atoms with Crippen molar-refractivity contribution < 1.29 is 14.7 Å². The number of aryl methyl sites for hydroxylation is 1. The third kappa shape index (κ3) is 2.60. The van der Waals surface area contributed by atoms with Crippen molar-refractivity contribution in [2.75, 3.05) is 13.1 Å². The van der Waals surface area contributed by atoms with Crippen LogP contribution in [-0.4, -0.2) is 39.5 Å². The highest BCUT2D eigenvalue weighted by molar-refractivity contribution is 6.07. The van der Waals surface area contributed by atoms with E-state index in [4.69, 9.17) is 0 Å². The molecular formula is C18H22N2O3. The zero-order chi connectivity index (χ0) is 16.6. The van der Waals surface area contributed by atoms with Crippen LogP contribution in [0.2, 0.25) is 0 Å². The molecule has 1 aliphatic rings. The van der Waals surface area contributed by atoms with Crippen molar-refractivity contribution in [2.24, 2.45) is 5.41 Å². The summed E-state index contributed by atoms with van der Waals surface area (Å²) in [5.74, 6) is -0.897. The summed E-state index contributed by atoms with van der Waals surface area (Å²) in [6.45, 7) is 5.45. The molecule has 1 amide bonds. The average Bonchev–Trinajstić information content (AvgIpc) is 2.93. The number of aliphatic carboxylic acids is 1. The van der Waals surface area contributed by atoms with Gasteiger partial charge in [-0.1, -0.05) is 18.2 Å². The van der Waals surface area contributed by atoms with Crippen molar-refractivity contribution in [3.63, 3.8) is 0 Å². The Balaban J connectivity index is 1.96. The Labute approximate surface area is 135 Å². The van der Waals surface area contributed by atoms with E-state index in [2.05, 4.69) is 4.57 Å². The average molecular weight is 314 g/mol. The predicted molar refractivity (Wildman–Crippen MR) is 88.5 cm³/mol. The number of benzene rings is 1. The molecule has 0 saturated carbocycles. The molecular weight excluding hydrogens is 292 g/mol. The number of para-hydroxylation sites is 1. The first-order valence-corrected chi connectivity index (χ1v) is 8.07. The van der Waals surface area contributed by atoms with Crippen molar-refractivity contribution in [1.82, 2.24) is 9.47 Å². The van der Waals surface area contributed by atoms with Gasteiger partial charge in [0, 0.05) is 36.7 Å². The molecule has 23 heavy (non-hydrogen) atoms. The summed E-state index contributed by atoms with van der Waals surface area (Å²) in [4.78, 5) is 26.2. The number of likely N-dealkylation sites (tertiary alicyclic amines) is 1. The number of aromatic nitrogens is 1. The minimum Gasteiger partial charge on any atom is -0.481 e. The molecule has 5 heteroatoms. The number of fused-ring (bicyclic) bond motifs is 1. The van der Waals surface area contributed by atoms with E-state index in [1.807, 2.05) is 37.4 Å². The number of carboxylic acids is 1. The van der Waals surface area contributed by atoms with E-state index in [-0.39, 0.29) is 12.5 Å². The lowest BCUT2D eigenvalue weighted by Crippen LogP contribution is -2.48. The molecule has 1 aromatic carbocycles. The number of carbonyl (C=O) groups is 2. The summed E-state index contributed by atoms with van der Waals surface area (Å²) in [6, 6.07) is 7.85. The first-order chi connectivity index (χ1) is 11.0.